The summed E-state index contributed by atoms with van der Waals surface area (Å²) in [5.41, 5.74) is 7.52. The lowest BCUT2D eigenvalue weighted by molar-refractivity contribution is 0.112. The van der Waals surface area contributed by atoms with Gasteiger partial charge in [-0.3, -0.25) is 9.78 Å². The largest absolute Gasteiger partial charge is 0.481 e. The van der Waals surface area contributed by atoms with Gasteiger partial charge in [-0.1, -0.05) is 72.3 Å². The van der Waals surface area contributed by atoms with Gasteiger partial charge < -0.3 is 9.30 Å². The third kappa shape index (κ3) is 3.96. The lowest BCUT2D eigenvalue weighted by atomic mass is 9.97. The maximum Gasteiger partial charge on any atom is 0.220 e. The Kier molecular flexibility index (Phi) is 6.35. The van der Waals surface area contributed by atoms with Gasteiger partial charge in [-0.2, -0.15) is 0 Å². The Morgan fingerprint density at radius 3 is 2.28 bits per heavy atom. The zero-order valence-electron chi connectivity index (χ0n) is 19.6. The summed E-state index contributed by atoms with van der Waals surface area (Å²) in [5.74, 6) is 0.477. The van der Waals surface area contributed by atoms with Gasteiger partial charge in [0.2, 0.25) is 5.88 Å². The second-order valence-electron chi connectivity index (χ2n) is 8.24. The lowest BCUT2D eigenvalue weighted by Crippen LogP contribution is -1.94. The number of aryl methyl sites for hydroxylation is 1. The molecule has 0 saturated carbocycles. The lowest BCUT2D eigenvalue weighted by Gasteiger charge is -2.14. The van der Waals surface area contributed by atoms with Gasteiger partial charge in [0.05, 0.1) is 39.4 Å². The van der Waals surface area contributed by atoms with Crippen LogP contribution in [-0.2, 0) is 7.05 Å². The number of nitrogens with zero attached hydrogens (tertiary/aromatic N) is 3. The summed E-state index contributed by atoms with van der Waals surface area (Å²) in [6.45, 7) is 3.80. The van der Waals surface area contributed by atoms with Crippen molar-refractivity contribution in [2.45, 2.75) is 0 Å². The van der Waals surface area contributed by atoms with Crippen LogP contribution in [-0.4, -0.2) is 27.9 Å². The molecule has 36 heavy (non-hydrogen) atoms. The van der Waals surface area contributed by atoms with E-state index in [9.17, 15) is 4.79 Å². The summed E-state index contributed by atoms with van der Waals surface area (Å²) in [6, 6.07) is 17.3. The number of aldehydes is 1. The number of fused-ring (bicyclic) bond motifs is 1. The molecular weight excluding hydrogens is 493 g/mol. The topological polar surface area (TPSA) is 57.0 Å². The molecule has 0 radical (unpaired) electrons. The summed E-state index contributed by atoms with van der Waals surface area (Å²) in [6.07, 6.45) is 6.01. The molecule has 0 amide bonds. The van der Waals surface area contributed by atoms with Crippen LogP contribution in [0.3, 0.4) is 0 Å². The molecule has 0 aliphatic heterocycles. The molecule has 0 bridgehead atoms. The molecule has 178 valence electrons. The number of carbonyl (C=O) groups excluding carboxylic acids is 1. The monoisotopic (exact) mass is 513 g/mol. The molecular formula is C29H21Cl2N3O2. The van der Waals surface area contributed by atoms with E-state index in [4.69, 9.17) is 27.9 Å². The van der Waals surface area contributed by atoms with E-state index in [-0.39, 0.29) is 0 Å². The predicted octanol–water partition coefficient (Wildman–Crippen LogP) is 7.74. The third-order valence-corrected chi connectivity index (χ3v) is 6.97. The van der Waals surface area contributed by atoms with Gasteiger partial charge in [0.1, 0.15) is 0 Å². The smallest absolute Gasteiger partial charge is 0.220 e. The zero-order valence-corrected chi connectivity index (χ0v) is 21.1. The van der Waals surface area contributed by atoms with Crippen molar-refractivity contribution < 1.29 is 9.53 Å². The van der Waals surface area contributed by atoms with E-state index in [0.717, 1.165) is 45.2 Å². The predicted molar refractivity (Wildman–Crippen MR) is 147 cm³/mol. The number of pyridine rings is 2. The minimum Gasteiger partial charge on any atom is -0.481 e. The van der Waals surface area contributed by atoms with Crippen LogP contribution < -0.4 is 4.74 Å². The first kappa shape index (κ1) is 23.8. The number of halogens is 2. The Labute approximate surface area is 218 Å². The van der Waals surface area contributed by atoms with Gasteiger partial charge in [0.25, 0.3) is 0 Å². The molecule has 3 heterocycles. The molecule has 0 saturated heterocycles. The average Bonchev–Trinajstić information content (AvgIpc) is 3.23. The second-order valence-corrected chi connectivity index (χ2v) is 8.99. The first-order valence-electron chi connectivity index (χ1n) is 11.1. The number of hydrogen-bond donors (Lipinski definition) is 0. The van der Waals surface area contributed by atoms with Crippen molar-refractivity contribution in [2.75, 3.05) is 7.11 Å². The van der Waals surface area contributed by atoms with Crippen LogP contribution in [0, 0.1) is 0 Å². The Bertz CT molecular complexity index is 1660. The van der Waals surface area contributed by atoms with Gasteiger partial charge >= 0.3 is 0 Å². The van der Waals surface area contributed by atoms with Crippen molar-refractivity contribution in [3.63, 3.8) is 0 Å². The summed E-state index contributed by atoms with van der Waals surface area (Å²) >= 11 is 13.9. The van der Waals surface area contributed by atoms with E-state index < -0.39 is 0 Å². The molecule has 0 atom stereocenters. The van der Waals surface area contributed by atoms with Crippen molar-refractivity contribution in [2.24, 2.45) is 7.05 Å². The van der Waals surface area contributed by atoms with Crippen LogP contribution in [0.25, 0.3) is 50.6 Å². The highest BCUT2D eigenvalue weighted by atomic mass is 35.5. The fraction of sp³-hybridized carbons (Fsp3) is 0.0690. The highest BCUT2D eigenvalue weighted by Gasteiger charge is 2.18. The normalized spacial score (nSPS) is 11.0. The quantitative estimate of drug-likeness (QED) is 0.218. The molecule has 3 aromatic heterocycles. The Balaban J connectivity index is 1.62. The number of hydrogen-bond acceptors (Lipinski definition) is 4. The second kappa shape index (κ2) is 9.61. The standard InChI is InChI=1S/C29H21Cl2N3O2/c1-4-17-11-12-24(33-29(17)36-3)23-10-6-9-22(27(23)31)21-8-5-7-20(26(21)30)18-13-25-28(32-14-18)19(16-35)15-34(25)2/h4-16H,1H2,2-3H3. The van der Waals surface area contributed by atoms with E-state index in [1.807, 2.05) is 66.2 Å². The average molecular weight is 514 g/mol. The van der Waals surface area contributed by atoms with Crippen LogP contribution in [0.15, 0.2) is 73.6 Å². The van der Waals surface area contributed by atoms with Gasteiger partial charge in [-0.05, 0) is 18.2 Å². The van der Waals surface area contributed by atoms with Crippen LogP contribution in [0.5, 0.6) is 5.88 Å². The van der Waals surface area contributed by atoms with E-state index in [2.05, 4.69) is 16.5 Å². The first-order chi connectivity index (χ1) is 17.5. The van der Waals surface area contributed by atoms with Crippen molar-refractivity contribution in [1.29, 1.82) is 0 Å². The van der Waals surface area contributed by atoms with Crippen LogP contribution in [0.2, 0.25) is 10.0 Å². The van der Waals surface area contributed by atoms with Crippen molar-refractivity contribution >= 4 is 46.6 Å². The number of benzene rings is 2. The third-order valence-electron chi connectivity index (χ3n) is 6.16. The van der Waals surface area contributed by atoms with Gasteiger partial charge in [-0.15, -0.1) is 0 Å². The number of aromatic nitrogens is 3. The Morgan fingerprint density at radius 1 is 0.944 bits per heavy atom. The van der Waals surface area contributed by atoms with Crippen molar-refractivity contribution in [3.8, 4) is 39.4 Å². The van der Waals surface area contributed by atoms with Crippen LogP contribution >= 0.6 is 23.2 Å². The molecule has 0 aliphatic carbocycles. The summed E-state index contributed by atoms with van der Waals surface area (Å²) in [4.78, 5) is 20.5. The van der Waals surface area contributed by atoms with E-state index >= 15 is 0 Å². The van der Waals surface area contributed by atoms with E-state index in [1.165, 1.54) is 0 Å². The molecule has 0 N–H and O–H groups in total. The fourth-order valence-corrected chi connectivity index (χ4v) is 5.00. The summed E-state index contributed by atoms with van der Waals surface area (Å²) in [5, 5.41) is 1.08. The maximum atomic E-state index is 11.4. The molecule has 5 nitrogen and oxygen atoms in total. The first-order valence-corrected chi connectivity index (χ1v) is 11.9. The molecule has 7 heteroatoms. The number of rotatable bonds is 6. The maximum absolute atomic E-state index is 11.4. The van der Waals surface area contributed by atoms with Gasteiger partial charge in [0, 0.05) is 52.8 Å². The SMILES string of the molecule is C=Cc1ccc(-c2cccc(-c3cccc(-c4cnc5c(C=O)cn(C)c5c4)c3Cl)c2Cl)nc1OC. The minimum absolute atomic E-state index is 0.477. The van der Waals surface area contributed by atoms with Crippen molar-refractivity contribution in [1.82, 2.24) is 14.5 Å². The van der Waals surface area contributed by atoms with Gasteiger partial charge in [0.15, 0.2) is 6.29 Å². The Hall–Kier alpha value is -3.93. The van der Waals surface area contributed by atoms with Crippen LogP contribution in [0.1, 0.15) is 15.9 Å². The van der Waals surface area contributed by atoms with Crippen LogP contribution in [0.4, 0.5) is 0 Å². The number of carbonyl (C=O) groups is 1. The van der Waals surface area contributed by atoms with E-state index in [0.29, 0.717) is 32.7 Å². The molecule has 0 aliphatic rings. The zero-order chi connectivity index (χ0) is 25.4. The fourth-order valence-electron chi connectivity index (χ4n) is 4.34. The van der Waals surface area contributed by atoms with Crippen molar-refractivity contribution in [3.05, 3.63) is 94.7 Å². The van der Waals surface area contributed by atoms with Gasteiger partial charge in [-0.25, -0.2) is 4.98 Å². The molecule has 5 aromatic rings. The number of methoxy groups -OCH3 is 1. The van der Waals surface area contributed by atoms with E-state index in [1.54, 1.807) is 25.6 Å². The molecule has 2 aromatic carbocycles. The molecule has 0 unspecified atom stereocenters. The molecule has 0 spiro atoms. The Morgan fingerprint density at radius 2 is 1.61 bits per heavy atom. The minimum atomic E-state index is 0.477. The number of ether oxygens (including phenoxy) is 1. The molecule has 0 fully saturated rings. The molecule has 5 rings (SSSR count). The highest BCUT2D eigenvalue weighted by Crippen LogP contribution is 2.42. The summed E-state index contributed by atoms with van der Waals surface area (Å²) < 4.78 is 7.29. The summed E-state index contributed by atoms with van der Waals surface area (Å²) in [7, 11) is 3.46. The highest BCUT2D eigenvalue weighted by molar-refractivity contribution is 6.39.